The second-order valence-corrected chi connectivity index (χ2v) is 5.83. The second kappa shape index (κ2) is 7.29. The zero-order chi connectivity index (χ0) is 15.4. The Morgan fingerprint density at radius 3 is 2.71 bits per heavy atom. The minimum Gasteiger partial charge on any atom is -0.329 e. The highest BCUT2D eigenvalue weighted by Gasteiger charge is 2.30. The van der Waals surface area contributed by atoms with Crippen LogP contribution >= 0.6 is 0 Å². The minimum absolute atomic E-state index is 0.193. The first-order valence-electron chi connectivity index (χ1n) is 7.66. The van der Waals surface area contributed by atoms with E-state index in [1.165, 1.54) is 12.1 Å². The summed E-state index contributed by atoms with van der Waals surface area (Å²) in [4.78, 5) is 4.60. The van der Waals surface area contributed by atoms with Gasteiger partial charge in [0.25, 0.3) is 0 Å². The normalized spacial score (nSPS) is 23.0. The molecule has 0 radical (unpaired) electrons. The lowest BCUT2D eigenvalue weighted by atomic mass is 10.0. The van der Waals surface area contributed by atoms with Gasteiger partial charge < -0.3 is 10.6 Å². The van der Waals surface area contributed by atoms with Crippen LogP contribution in [-0.2, 0) is 0 Å². The van der Waals surface area contributed by atoms with Crippen molar-refractivity contribution in [3.05, 3.63) is 35.4 Å². The molecule has 5 heteroatoms. The van der Waals surface area contributed by atoms with Gasteiger partial charge in [-0.15, -0.1) is 0 Å². The van der Waals surface area contributed by atoms with Crippen LogP contribution in [0.4, 0.5) is 8.78 Å². The van der Waals surface area contributed by atoms with E-state index in [1.807, 2.05) is 0 Å². The van der Waals surface area contributed by atoms with Crippen molar-refractivity contribution in [3.8, 4) is 0 Å². The Morgan fingerprint density at radius 2 is 2.10 bits per heavy atom. The van der Waals surface area contributed by atoms with Crippen molar-refractivity contribution in [2.75, 3.05) is 33.2 Å². The van der Waals surface area contributed by atoms with Crippen molar-refractivity contribution in [2.24, 2.45) is 5.73 Å². The van der Waals surface area contributed by atoms with Gasteiger partial charge in [0.15, 0.2) is 0 Å². The van der Waals surface area contributed by atoms with Gasteiger partial charge in [0, 0.05) is 37.3 Å². The van der Waals surface area contributed by atoms with Gasteiger partial charge in [-0.05, 0) is 32.5 Å². The minimum atomic E-state index is -0.547. The third-order valence-electron chi connectivity index (χ3n) is 4.36. The highest BCUT2D eigenvalue weighted by Crippen LogP contribution is 2.28. The van der Waals surface area contributed by atoms with Crippen LogP contribution in [0.1, 0.15) is 31.4 Å². The van der Waals surface area contributed by atoms with Gasteiger partial charge in [-0.2, -0.15) is 0 Å². The van der Waals surface area contributed by atoms with Crippen LogP contribution in [-0.4, -0.2) is 49.1 Å². The van der Waals surface area contributed by atoms with E-state index in [2.05, 4.69) is 23.8 Å². The number of halogens is 2. The van der Waals surface area contributed by atoms with Gasteiger partial charge in [0.1, 0.15) is 11.6 Å². The lowest BCUT2D eigenvalue weighted by molar-refractivity contribution is 0.128. The molecular weight excluding hydrogens is 272 g/mol. The number of nitrogens with two attached hydrogens (primary N) is 1. The highest BCUT2D eigenvalue weighted by molar-refractivity contribution is 5.23. The Morgan fingerprint density at radius 1 is 1.33 bits per heavy atom. The quantitative estimate of drug-likeness (QED) is 0.926. The molecule has 1 fully saturated rings. The van der Waals surface area contributed by atoms with E-state index in [0.717, 1.165) is 38.5 Å². The van der Waals surface area contributed by atoms with Crippen molar-refractivity contribution in [3.63, 3.8) is 0 Å². The topological polar surface area (TPSA) is 32.5 Å². The zero-order valence-electron chi connectivity index (χ0n) is 12.9. The van der Waals surface area contributed by atoms with E-state index in [1.54, 1.807) is 0 Å². The molecule has 21 heavy (non-hydrogen) atoms. The number of nitrogens with zero attached hydrogens (tertiary/aromatic N) is 2. The van der Waals surface area contributed by atoms with Crippen LogP contribution in [0.15, 0.2) is 18.2 Å². The lowest BCUT2D eigenvalue weighted by Crippen LogP contribution is -2.44. The van der Waals surface area contributed by atoms with Crippen LogP contribution in [0, 0.1) is 11.6 Å². The van der Waals surface area contributed by atoms with Crippen molar-refractivity contribution in [1.82, 2.24) is 9.80 Å². The summed E-state index contributed by atoms with van der Waals surface area (Å²) >= 11 is 0. The third kappa shape index (κ3) is 3.78. The summed E-state index contributed by atoms with van der Waals surface area (Å²) in [6.07, 6.45) is 2.02. The Balaban J connectivity index is 2.29. The molecule has 1 aromatic rings. The Labute approximate surface area is 125 Å². The number of likely N-dealkylation sites (N-methyl/N-ethyl adjacent to an activating group) is 1. The first kappa shape index (κ1) is 16.3. The van der Waals surface area contributed by atoms with Gasteiger partial charge in [0.05, 0.1) is 6.04 Å². The van der Waals surface area contributed by atoms with E-state index in [0.29, 0.717) is 18.2 Å². The molecule has 0 amide bonds. The van der Waals surface area contributed by atoms with Gasteiger partial charge in [-0.25, -0.2) is 8.78 Å². The molecule has 0 bridgehead atoms. The molecule has 3 nitrogen and oxygen atoms in total. The maximum Gasteiger partial charge on any atom is 0.130 e. The summed E-state index contributed by atoms with van der Waals surface area (Å²) in [5.74, 6) is -1.05. The molecule has 2 atom stereocenters. The molecule has 1 aliphatic rings. The molecular formula is C16H25F2N3. The first-order valence-corrected chi connectivity index (χ1v) is 7.66. The van der Waals surface area contributed by atoms with Crippen molar-refractivity contribution >= 4 is 0 Å². The van der Waals surface area contributed by atoms with Crippen molar-refractivity contribution in [1.29, 1.82) is 0 Å². The predicted octanol–water partition coefficient (Wildman–Crippen LogP) is 2.38. The van der Waals surface area contributed by atoms with E-state index in [4.69, 9.17) is 5.73 Å². The van der Waals surface area contributed by atoms with Crippen LogP contribution in [0.5, 0.6) is 0 Å². The molecule has 1 heterocycles. The number of benzene rings is 1. The van der Waals surface area contributed by atoms with E-state index >= 15 is 0 Å². The maximum absolute atomic E-state index is 14.1. The number of hydrogen-bond donors (Lipinski definition) is 1. The van der Waals surface area contributed by atoms with Crippen molar-refractivity contribution in [2.45, 2.75) is 31.8 Å². The van der Waals surface area contributed by atoms with Crippen LogP contribution in [0.25, 0.3) is 0 Å². The van der Waals surface area contributed by atoms with Crippen LogP contribution < -0.4 is 5.73 Å². The van der Waals surface area contributed by atoms with E-state index in [9.17, 15) is 8.78 Å². The van der Waals surface area contributed by atoms with Crippen LogP contribution in [0.2, 0.25) is 0 Å². The summed E-state index contributed by atoms with van der Waals surface area (Å²) in [6, 6.07) is 3.94. The average molecular weight is 297 g/mol. The fraction of sp³-hybridized carbons (Fsp3) is 0.625. The molecule has 118 valence electrons. The Kier molecular flexibility index (Phi) is 5.67. The van der Waals surface area contributed by atoms with Gasteiger partial charge in [-0.1, -0.05) is 13.0 Å². The second-order valence-electron chi connectivity index (χ2n) is 5.83. The molecule has 0 aliphatic carbocycles. The number of rotatable bonds is 4. The fourth-order valence-corrected chi connectivity index (χ4v) is 3.25. The van der Waals surface area contributed by atoms with Gasteiger partial charge >= 0.3 is 0 Å². The van der Waals surface area contributed by atoms with Crippen LogP contribution in [0.3, 0.4) is 0 Å². The number of hydrogen-bond acceptors (Lipinski definition) is 3. The first-order chi connectivity index (χ1) is 10.1. The third-order valence-corrected chi connectivity index (χ3v) is 4.36. The van der Waals surface area contributed by atoms with Gasteiger partial charge in [0.2, 0.25) is 0 Å². The van der Waals surface area contributed by atoms with Gasteiger partial charge in [-0.3, -0.25) is 4.90 Å². The van der Waals surface area contributed by atoms with E-state index < -0.39 is 11.6 Å². The molecule has 1 aromatic carbocycles. The highest BCUT2D eigenvalue weighted by atomic mass is 19.1. The van der Waals surface area contributed by atoms with Crippen molar-refractivity contribution < 1.29 is 8.78 Å². The maximum atomic E-state index is 14.1. The molecule has 2 rings (SSSR count). The fourth-order valence-electron chi connectivity index (χ4n) is 3.25. The molecule has 1 aliphatic heterocycles. The average Bonchev–Trinajstić information content (AvgIpc) is 2.63. The molecule has 1 saturated heterocycles. The molecule has 0 saturated carbocycles. The molecule has 0 spiro atoms. The summed E-state index contributed by atoms with van der Waals surface area (Å²) in [7, 11) is 2.11. The summed E-state index contributed by atoms with van der Waals surface area (Å²) in [5, 5.41) is 0. The van der Waals surface area contributed by atoms with E-state index in [-0.39, 0.29) is 6.04 Å². The SMILES string of the molecule is CCC1CN(C)CCCN1C(CN)c1ccc(F)cc1F. The summed E-state index contributed by atoms with van der Waals surface area (Å²) in [5.41, 5.74) is 6.43. The molecule has 2 N–H and O–H groups in total. The Bertz CT molecular complexity index is 467. The predicted molar refractivity (Wildman–Crippen MR) is 81.1 cm³/mol. The molecule has 0 aromatic heterocycles. The zero-order valence-corrected chi connectivity index (χ0v) is 12.9. The summed E-state index contributed by atoms with van der Waals surface area (Å²) in [6.45, 7) is 5.36. The lowest BCUT2D eigenvalue weighted by Gasteiger charge is -2.37. The smallest absolute Gasteiger partial charge is 0.130 e. The standard InChI is InChI=1S/C16H25F2N3/c1-3-13-11-20(2)7-4-8-21(13)16(10-19)14-6-5-12(17)9-15(14)18/h5-6,9,13,16H,3-4,7-8,10-11,19H2,1-2H3. The monoisotopic (exact) mass is 297 g/mol. The largest absolute Gasteiger partial charge is 0.329 e. The molecule has 2 unspecified atom stereocenters. The Hall–Kier alpha value is -1.04. The summed E-state index contributed by atoms with van der Waals surface area (Å²) < 4.78 is 27.2.